The number of pyridine rings is 1. The third-order valence-electron chi connectivity index (χ3n) is 3.88. The van der Waals surface area contributed by atoms with Crippen LogP contribution in [0.15, 0.2) is 35.1 Å². The van der Waals surface area contributed by atoms with E-state index in [9.17, 15) is 23.8 Å². The Bertz CT molecular complexity index is 999. The average Bonchev–Trinajstić information content (AvgIpc) is 2.61. The minimum Gasteiger partial charge on any atom is -0.394 e. The van der Waals surface area contributed by atoms with Crippen molar-refractivity contribution in [1.29, 1.82) is 0 Å². The lowest BCUT2D eigenvalue weighted by molar-refractivity contribution is 0.203. The molecule has 2 aromatic heterocycles. The topological polar surface area (TPSA) is 100 Å². The summed E-state index contributed by atoms with van der Waals surface area (Å²) in [6, 6.07) is 5.23. The predicted octanol–water partition coefficient (Wildman–Crippen LogP) is 1.13. The van der Waals surface area contributed by atoms with E-state index in [4.69, 9.17) is 0 Å². The number of fused-ring (bicyclic) bond motifs is 1. The Balaban J connectivity index is 2.31. The lowest BCUT2D eigenvalue weighted by Crippen LogP contribution is -2.29. The number of nitrogens with one attached hydrogen (secondary N) is 1. The van der Waals surface area contributed by atoms with E-state index < -0.39 is 28.9 Å². The zero-order valence-electron chi connectivity index (χ0n) is 13.8. The smallest absolute Gasteiger partial charge is 0.256 e. The van der Waals surface area contributed by atoms with E-state index in [1.54, 1.807) is 6.92 Å². The van der Waals surface area contributed by atoms with Gasteiger partial charge in [-0.25, -0.2) is 13.8 Å². The van der Waals surface area contributed by atoms with Crippen LogP contribution >= 0.6 is 0 Å². The van der Waals surface area contributed by atoms with E-state index in [1.165, 1.54) is 18.2 Å². The molecular weight excluding hydrogens is 346 g/mol. The number of halogens is 2. The number of aromatic nitrogens is 3. The molecule has 3 N–H and O–H groups in total. The molecule has 0 aliphatic rings. The normalized spacial score (nSPS) is 11.3. The second-order valence-corrected chi connectivity index (χ2v) is 5.65. The molecule has 0 fully saturated rings. The van der Waals surface area contributed by atoms with Crippen LogP contribution in [0.4, 0.5) is 14.7 Å². The van der Waals surface area contributed by atoms with Gasteiger partial charge in [0.25, 0.3) is 5.56 Å². The number of hydrogen-bond donors (Lipinski definition) is 3. The van der Waals surface area contributed by atoms with E-state index in [2.05, 4.69) is 15.3 Å². The standard InChI is InChI=1S/C17H16F2N4O3/c1-9-11-5-6-14(26)23(15-12(18)3-2-4-13(15)19)16(11)22-17(20-9)21-10(7-24)8-25/h2-6,10,24-25H,7-8H2,1H3,(H,20,21,22). The largest absolute Gasteiger partial charge is 0.394 e. The number of benzene rings is 1. The monoisotopic (exact) mass is 362 g/mol. The molecule has 2 heterocycles. The van der Waals surface area contributed by atoms with Gasteiger partial charge in [-0.15, -0.1) is 0 Å². The molecule has 0 spiro atoms. The molecule has 0 saturated carbocycles. The summed E-state index contributed by atoms with van der Waals surface area (Å²) in [5.74, 6) is -1.80. The minimum atomic E-state index is -0.908. The first-order valence-corrected chi connectivity index (χ1v) is 7.79. The Morgan fingerprint density at radius 1 is 1.12 bits per heavy atom. The summed E-state index contributed by atoms with van der Waals surface area (Å²) >= 11 is 0. The van der Waals surface area contributed by atoms with Gasteiger partial charge in [0.1, 0.15) is 17.3 Å². The molecule has 9 heteroatoms. The maximum Gasteiger partial charge on any atom is 0.256 e. The highest BCUT2D eigenvalue weighted by molar-refractivity contribution is 5.80. The number of aryl methyl sites for hydroxylation is 1. The SMILES string of the molecule is Cc1nc(NC(CO)CO)nc2c1ccc(=O)n2-c1c(F)cccc1F. The maximum absolute atomic E-state index is 14.2. The summed E-state index contributed by atoms with van der Waals surface area (Å²) in [5, 5.41) is 21.5. The molecule has 3 aromatic rings. The van der Waals surface area contributed by atoms with Crippen molar-refractivity contribution < 1.29 is 19.0 Å². The molecule has 0 amide bonds. The molecule has 3 rings (SSSR count). The highest BCUT2D eigenvalue weighted by atomic mass is 19.1. The number of para-hydroxylation sites is 1. The molecule has 1 aromatic carbocycles. The van der Waals surface area contributed by atoms with E-state index >= 15 is 0 Å². The van der Waals surface area contributed by atoms with Gasteiger partial charge in [-0.1, -0.05) is 6.07 Å². The zero-order valence-corrected chi connectivity index (χ0v) is 13.8. The van der Waals surface area contributed by atoms with E-state index in [0.717, 1.165) is 16.7 Å². The highest BCUT2D eigenvalue weighted by Crippen LogP contribution is 2.22. The van der Waals surface area contributed by atoms with E-state index in [0.29, 0.717) is 11.1 Å². The van der Waals surface area contributed by atoms with Gasteiger partial charge in [-0.3, -0.25) is 9.36 Å². The fraction of sp³-hybridized carbons (Fsp3) is 0.235. The van der Waals surface area contributed by atoms with Crippen molar-refractivity contribution in [2.24, 2.45) is 0 Å². The van der Waals surface area contributed by atoms with E-state index in [1.807, 2.05) is 0 Å². The molecular formula is C17H16F2N4O3. The number of hydrogen-bond acceptors (Lipinski definition) is 6. The lowest BCUT2D eigenvalue weighted by Gasteiger charge is -2.16. The van der Waals surface area contributed by atoms with Gasteiger partial charge in [-0.05, 0) is 25.1 Å². The fourth-order valence-corrected chi connectivity index (χ4v) is 2.58. The molecule has 0 unspecified atom stereocenters. The molecule has 0 saturated heterocycles. The van der Waals surface area contributed by atoms with Crippen molar-refractivity contribution in [1.82, 2.24) is 14.5 Å². The van der Waals surface area contributed by atoms with Crippen LogP contribution < -0.4 is 10.9 Å². The van der Waals surface area contributed by atoms with Crippen LogP contribution in [-0.2, 0) is 0 Å². The molecule has 0 bridgehead atoms. The first-order chi connectivity index (χ1) is 12.5. The first kappa shape index (κ1) is 17.9. The van der Waals surface area contributed by atoms with Crippen LogP contribution in [-0.4, -0.2) is 44.0 Å². The number of aliphatic hydroxyl groups excluding tert-OH is 2. The van der Waals surface area contributed by atoms with Gasteiger partial charge in [0.15, 0.2) is 5.65 Å². The van der Waals surface area contributed by atoms with Crippen molar-refractivity contribution >= 4 is 17.0 Å². The molecule has 0 radical (unpaired) electrons. The Morgan fingerprint density at radius 2 is 1.77 bits per heavy atom. The number of rotatable bonds is 5. The van der Waals surface area contributed by atoms with Crippen LogP contribution in [0.5, 0.6) is 0 Å². The van der Waals surface area contributed by atoms with Crippen molar-refractivity contribution in [3.8, 4) is 5.69 Å². The van der Waals surface area contributed by atoms with Crippen molar-refractivity contribution in [2.45, 2.75) is 13.0 Å². The Labute approximate surface area is 146 Å². The predicted molar refractivity (Wildman–Crippen MR) is 91.4 cm³/mol. The molecule has 26 heavy (non-hydrogen) atoms. The summed E-state index contributed by atoms with van der Waals surface area (Å²) in [6.07, 6.45) is 0. The summed E-state index contributed by atoms with van der Waals surface area (Å²) in [5.41, 5.74) is -0.733. The van der Waals surface area contributed by atoms with Crippen LogP contribution in [0.3, 0.4) is 0 Å². The van der Waals surface area contributed by atoms with Crippen molar-refractivity contribution in [3.63, 3.8) is 0 Å². The second kappa shape index (κ2) is 7.14. The molecule has 136 valence electrons. The minimum absolute atomic E-state index is 0.00568. The highest BCUT2D eigenvalue weighted by Gasteiger charge is 2.18. The Hall–Kier alpha value is -2.91. The van der Waals surface area contributed by atoms with Gasteiger partial charge in [0.05, 0.1) is 24.9 Å². The fourth-order valence-electron chi connectivity index (χ4n) is 2.58. The second-order valence-electron chi connectivity index (χ2n) is 5.65. The molecule has 0 aliphatic heterocycles. The molecule has 7 nitrogen and oxygen atoms in total. The third-order valence-corrected chi connectivity index (χ3v) is 3.88. The van der Waals surface area contributed by atoms with Gasteiger partial charge in [0, 0.05) is 11.5 Å². The van der Waals surface area contributed by atoms with Gasteiger partial charge in [-0.2, -0.15) is 4.98 Å². The quantitative estimate of drug-likeness (QED) is 0.629. The van der Waals surface area contributed by atoms with Crippen LogP contribution in [0, 0.1) is 18.6 Å². The summed E-state index contributed by atoms with van der Waals surface area (Å²) in [6.45, 7) is 0.898. The van der Waals surface area contributed by atoms with Crippen molar-refractivity contribution in [2.75, 3.05) is 18.5 Å². The summed E-state index contributed by atoms with van der Waals surface area (Å²) < 4.78 is 29.3. The Kier molecular flexibility index (Phi) is 4.92. The van der Waals surface area contributed by atoms with Crippen LogP contribution in [0.1, 0.15) is 5.69 Å². The van der Waals surface area contributed by atoms with Crippen LogP contribution in [0.25, 0.3) is 16.7 Å². The lowest BCUT2D eigenvalue weighted by atomic mass is 10.2. The van der Waals surface area contributed by atoms with Crippen LogP contribution in [0.2, 0.25) is 0 Å². The molecule has 0 atom stereocenters. The number of aliphatic hydroxyl groups is 2. The van der Waals surface area contributed by atoms with Gasteiger partial charge in [0.2, 0.25) is 5.95 Å². The summed E-state index contributed by atoms with van der Waals surface area (Å²) in [7, 11) is 0. The van der Waals surface area contributed by atoms with Gasteiger partial charge < -0.3 is 15.5 Å². The third kappa shape index (κ3) is 3.14. The number of anilines is 1. The Morgan fingerprint density at radius 3 is 2.38 bits per heavy atom. The maximum atomic E-state index is 14.2. The molecule has 0 aliphatic carbocycles. The zero-order chi connectivity index (χ0) is 18.8. The first-order valence-electron chi connectivity index (χ1n) is 7.79. The van der Waals surface area contributed by atoms with Crippen molar-refractivity contribution in [3.05, 3.63) is 58.0 Å². The average molecular weight is 362 g/mol. The van der Waals surface area contributed by atoms with Gasteiger partial charge >= 0.3 is 0 Å². The van der Waals surface area contributed by atoms with E-state index in [-0.39, 0.29) is 24.8 Å². The summed E-state index contributed by atoms with van der Waals surface area (Å²) in [4.78, 5) is 20.7. The number of nitrogens with zero attached hydrogens (tertiary/aromatic N) is 3.